The second-order valence-corrected chi connectivity index (χ2v) is 5.13. The standard InChI is InChI=1S/C11H14BrN3O2/c12-8-1-2-10(11(7-8)15(16)17)14-5-3-9(13)4-6-14/h1-2,7,9H,3-6,13H2. The molecule has 0 atom stereocenters. The van der Waals surface area contributed by atoms with Gasteiger partial charge < -0.3 is 10.6 Å². The number of piperidine rings is 1. The molecule has 1 fully saturated rings. The van der Waals surface area contributed by atoms with Crippen LogP contribution in [-0.2, 0) is 0 Å². The smallest absolute Gasteiger partial charge is 0.293 e. The minimum absolute atomic E-state index is 0.148. The molecular weight excluding hydrogens is 286 g/mol. The Bertz CT molecular complexity index is 431. The van der Waals surface area contributed by atoms with E-state index in [0.29, 0.717) is 5.69 Å². The lowest BCUT2D eigenvalue weighted by atomic mass is 10.1. The third-order valence-electron chi connectivity index (χ3n) is 3.01. The van der Waals surface area contributed by atoms with Gasteiger partial charge in [-0.15, -0.1) is 0 Å². The molecule has 0 amide bonds. The first kappa shape index (κ1) is 12.3. The van der Waals surface area contributed by atoms with Gasteiger partial charge in [-0.1, -0.05) is 15.9 Å². The summed E-state index contributed by atoms with van der Waals surface area (Å²) < 4.78 is 0.724. The van der Waals surface area contributed by atoms with E-state index in [4.69, 9.17) is 5.73 Å². The van der Waals surface area contributed by atoms with Gasteiger partial charge >= 0.3 is 0 Å². The van der Waals surface area contributed by atoms with Gasteiger partial charge in [-0.3, -0.25) is 10.1 Å². The Morgan fingerprint density at radius 2 is 2.06 bits per heavy atom. The van der Waals surface area contributed by atoms with E-state index in [1.165, 1.54) is 0 Å². The SMILES string of the molecule is NC1CCN(c2ccc(Br)cc2[N+](=O)[O-])CC1. The lowest BCUT2D eigenvalue weighted by Gasteiger charge is -2.31. The number of nitrogens with zero attached hydrogens (tertiary/aromatic N) is 2. The molecule has 1 aromatic rings. The summed E-state index contributed by atoms with van der Waals surface area (Å²) in [6, 6.07) is 5.39. The molecule has 2 N–H and O–H groups in total. The predicted octanol–water partition coefficient (Wildman–Crippen LogP) is 2.28. The molecule has 17 heavy (non-hydrogen) atoms. The van der Waals surface area contributed by atoms with Crippen LogP contribution in [0.15, 0.2) is 22.7 Å². The van der Waals surface area contributed by atoms with Crippen molar-refractivity contribution in [3.8, 4) is 0 Å². The summed E-state index contributed by atoms with van der Waals surface area (Å²) in [6.07, 6.45) is 1.76. The fourth-order valence-corrected chi connectivity index (χ4v) is 2.40. The van der Waals surface area contributed by atoms with Gasteiger partial charge in [0.1, 0.15) is 5.69 Å². The van der Waals surface area contributed by atoms with Gasteiger partial charge in [-0.25, -0.2) is 0 Å². The summed E-state index contributed by atoms with van der Waals surface area (Å²) in [5.74, 6) is 0. The second-order valence-electron chi connectivity index (χ2n) is 4.21. The quantitative estimate of drug-likeness (QED) is 0.672. The molecule has 0 aromatic heterocycles. The van der Waals surface area contributed by atoms with E-state index in [0.717, 1.165) is 30.4 Å². The van der Waals surface area contributed by atoms with Crippen molar-refractivity contribution < 1.29 is 4.92 Å². The summed E-state index contributed by atoms with van der Waals surface area (Å²) in [4.78, 5) is 12.7. The first-order valence-electron chi connectivity index (χ1n) is 5.52. The van der Waals surface area contributed by atoms with Crippen molar-refractivity contribution in [1.82, 2.24) is 0 Å². The Balaban J connectivity index is 2.28. The van der Waals surface area contributed by atoms with E-state index in [1.54, 1.807) is 12.1 Å². The number of anilines is 1. The molecule has 1 heterocycles. The zero-order valence-electron chi connectivity index (χ0n) is 9.30. The monoisotopic (exact) mass is 299 g/mol. The molecule has 1 aliphatic heterocycles. The van der Waals surface area contributed by atoms with Crippen LogP contribution in [0.25, 0.3) is 0 Å². The average molecular weight is 300 g/mol. The van der Waals surface area contributed by atoms with Crippen LogP contribution >= 0.6 is 15.9 Å². The molecule has 1 aromatic carbocycles. The highest BCUT2D eigenvalue weighted by atomic mass is 79.9. The number of hydrogen-bond donors (Lipinski definition) is 1. The van der Waals surface area contributed by atoms with E-state index < -0.39 is 0 Å². The third-order valence-corrected chi connectivity index (χ3v) is 3.51. The van der Waals surface area contributed by atoms with Gasteiger partial charge in [0.15, 0.2) is 0 Å². The van der Waals surface area contributed by atoms with E-state index in [1.807, 2.05) is 11.0 Å². The van der Waals surface area contributed by atoms with Crippen LogP contribution in [0, 0.1) is 10.1 Å². The Morgan fingerprint density at radius 1 is 1.41 bits per heavy atom. The summed E-state index contributed by atoms with van der Waals surface area (Å²) >= 11 is 3.26. The molecule has 5 nitrogen and oxygen atoms in total. The molecule has 6 heteroatoms. The highest BCUT2D eigenvalue weighted by molar-refractivity contribution is 9.10. The van der Waals surface area contributed by atoms with Crippen molar-refractivity contribution in [2.45, 2.75) is 18.9 Å². The maximum absolute atomic E-state index is 11.0. The topological polar surface area (TPSA) is 72.4 Å². The average Bonchev–Trinajstić information content (AvgIpc) is 2.30. The van der Waals surface area contributed by atoms with Crippen LogP contribution in [0.2, 0.25) is 0 Å². The fourth-order valence-electron chi connectivity index (χ4n) is 2.05. The summed E-state index contributed by atoms with van der Waals surface area (Å²) in [5.41, 5.74) is 6.66. The molecule has 0 aliphatic carbocycles. The van der Waals surface area contributed by atoms with Crippen molar-refractivity contribution >= 4 is 27.3 Å². The number of rotatable bonds is 2. The van der Waals surface area contributed by atoms with Crippen LogP contribution < -0.4 is 10.6 Å². The fraction of sp³-hybridized carbons (Fsp3) is 0.455. The molecule has 1 aliphatic rings. The van der Waals surface area contributed by atoms with Gasteiger partial charge in [0.2, 0.25) is 0 Å². The van der Waals surface area contributed by atoms with Gasteiger partial charge in [-0.2, -0.15) is 0 Å². The predicted molar refractivity (Wildman–Crippen MR) is 70.2 cm³/mol. The number of nitro benzene ring substituents is 1. The zero-order chi connectivity index (χ0) is 12.4. The molecule has 0 spiro atoms. The maximum atomic E-state index is 11.0. The lowest BCUT2D eigenvalue weighted by Crippen LogP contribution is -2.39. The molecule has 1 saturated heterocycles. The Kier molecular flexibility index (Phi) is 3.63. The zero-order valence-corrected chi connectivity index (χ0v) is 10.9. The van der Waals surface area contributed by atoms with Gasteiger partial charge in [-0.05, 0) is 25.0 Å². The molecule has 92 valence electrons. The highest BCUT2D eigenvalue weighted by Gasteiger charge is 2.23. The van der Waals surface area contributed by atoms with E-state index in [-0.39, 0.29) is 16.7 Å². The van der Waals surface area contributed by atoms with Crippen molar-refractivity contribution in [3.05, 3.63) is 32.8 Å². The van der Waals surface area contributed by atoms with E-state index >= 15 is 0 Å². The van der Waals surface area contributed by atoms with E-state index in [9.17, 15) is 10.1 Å². The first-order valence-corrected chi connectivity index (χ1v) is 6.31. The molecule has 0 bridgehead atoms. The normalized spacial score (nSPS) is 17.2. The third kappa shape index (κ3) is 2.76. The van der Waals surface area contributed by atoms with Crippen molar-refractivity contribution in [2.24, 2.45) is 5.73 Å². The van der Waals surface area contributed by atoms with Crippen molar-refractivity contribution in [1.29, 1.82) is 0 Å². The molecule has 0 unspecified atom stereocenters. The minimum Gasteiger partial charge on any atom is -0.366 e. The van der Waals surface area contributed by atoms with Crippen molar-refractivity contribution in [3.63, 3.8) is 0 Å². The molecule has 0 radical (unpaired) electrons. The summed E-state index contributed by atoms with van der Waals surface area (Å²) in [5, 5.41) is 11.0. The minimum atomic E-state index is -0.339. The number of nitrogens with two attached hydrogens (primary N) is 1. The van der Waals surface area contributed by atoms with Gasteiger partial charge in [0.25, 0.3) is 5.69 Å². The number of halogens is 1. The largest absolute Gasteiger partial charge is 0.366 e. The molecule has 0 saturated carbocycles. The Morgan fingerprint density at radius 3 is 2.65 bits per heavy atom. The van der Waals surface area contributed by atoms with Crippen LogP contribution in [0.5, 0.6) is 0 Å². The first-order chi connectivity index (χ1) is 8.08. The van der Waals surface area contributed by atoms with Crippen LogP contribution in [0.3, 0.4) is 0 Å². The summed E-state index contributed by atoms with van der Waals surface area (Å²) in [6.45, 7) is 1.56. The van der Waals surface area contributed by atoms with Crippen LogP contribution in [-0.4, -0.2) is 24.1 Å². The molecular formula is C11H14BrN3O2. The summed E-state index contributed by atoms with van der Waals surface area (Å²) in [7, 11) is 0. The van der Waals surface area contributed by atoms with Gasteiger partial charge in [0.05, 0.1) is 4.92 Å². The number of nitro groups is 1. The van der Waals surface area contributed by atoms with Crippen LogP contribution in [0.4, 0.5) is 11.4 Å². The second kappa shape index (κ2) is 5.01. The van der Waals surface area contributed by atoms with Gasteiger partial charge in [0, 0.05) is 29.7 Å². The van der Waals surface area contributed by atoms with E-state index in [2.05, 4.69) is 15.9 Å². The number of benzene rings is 1. The Labute approximate surface area is 108 Å². The highest BCUT2D eigenvalue weighted by Crippen LogP contribution is 2.32. The lowest BCUT2D eigenvalue weighted by molar-refractivity contribution is -0.384. The Hall–Kier alpha value is -1.14. The van der Waals surface area contributed by atoms with Crippen molar-refractivity contribution in [2.75, 3.05) is 18.0 Å². The molecule has 2 rings (SSSR count). The maximum Gasteiger partial charge on any atom is 0.293 e. The number of hydrogen-bond acceptors (Lipinski definition) is 4. The van der Waals surface area contributed by atoms with Crippen LogP contribution in [0.1, 0.15) is 12.8 Å².